The van der Waals surface area contributed by atoms with E-state index >= 15 is 0 Å². The number of aromatic nitrogens is 3. The third-order valence-corrected chi connectivity index (χ3v) is 5.97. The maximum Gasteiger partial charge on any atom is 0.183 e. The zero-order valence-electron chi connectivity index (χ0n) is 17.2. The minimum absolute atomic E-state index is 0.0339. The minimum Gasteiger partial charge on any atom is -0.487 e. The van der Waals surface area contributed by atoms with Crippen LogP contribution in [0.25, 0.3) is 33.1 Å². The van der Waals surface area contributed by atoms with Gasteiger partial charge in [-0.2, -0.15) is 5.26 Å². The summed E-state index contributed by atoms with van der Waals surface area (Å²) in [5.74, 6) is 0.203. The van der Waals surface area contributed by atoms with Crippen LogP contribution in [0.1, 0.15) is 25.5 Å². The Morgan fingerprint density at radius 1 is 1.19 bits per heavy atom. The van der Waals surface area contributed by atoms with E-state index in [1.54, 1.807) is 18.5 Å². The largest absolute Gasteiger partial charge is 0.487 e. The molecule has 31 heavy (non-hydrogen) atoms. The molecule has 1 N–H and O–H groups in total. The number of nitrogens with zero attached hydrogens (tertiary/aromatic N) is 4. The van der Waals surface area contributed by atoms with Gasteiger partial charge in [0, 0.05) is 30.2 Å². The maximum absolute atomic E-state index is 13.7. The topological polar surface area (TPSA) is 77.8 Å². The molecule has 0 atom stereocenters. The normalized spacial score (nSPS) is 15.4. The number of nitriles is 1. The van der Waals surface area contributed by atoms with Crippen molar-refractivity contribution in [2.75, 3.05) is 19.6 Å². The van der Waals surface area contributed by atoms with Crippen LogP contribution in [0.4, 0.5) is 4.39 Å². The summed E-state index contributed by atoms with van der Waals surface area (Å²) < 4.78 is 20.1. The van der Waals surface area contributed by atoms with E-state index in [0.29, 0.717) is 11.4 Å². The molecule has 1 aliphatic rings. The molecule has 1 aliphatic heterocycles. The zero-order valence-corrected chi connectivity index (χ0v) is 17.2. The number of ether oxygens (including phenoxy) is 1. The van der Waals surface area contributed by atoms with Crippen LogP contribution < -0.4 is 4.74 Å². The fourth-order valence-electron chi connectivity index (χ4n) is 4.27. The summed E-state index contributed by atoms with van der Waals surface area (Å²) in [5.41, 5.74) is 3.25. The Morgan fingerprint density at radius 2 is 2.03 bits per heavy atom. The fraction of sp³-hybridized carbons (Fsp3) is 0.292. The van der Waals surface area contributed by atoms with E-state index in [9.17, 15) is 9.65 Å². The smallest absolute Gasteiger partial charge is 0.183 e. The first-order valence-electron chi connectivity index (χ1n) is 10.5. The summed E-state index contributed by atoms with van der Waals surface area (Å²) in [7, 11) is 0. The number of piperidine rings is 1. The fourth-order valence-corrected chi connectivity index (χ4v) is 4.27. The molecule has 1 fully saturated rings. The summed E-state index contributed by atoms with van der Waals surface area (Å²) in [6, 6.07) is 10.6. The van der Waals surface area contributed by atoms with Crippen molar-refractivity contribution in [3.63, 3.8) is 0 Å². The second-order valence-electron chi connectivity index (χ2n) is 7.84. The first kappa shape index (κ1) is 19.5. The maximum atomic E-state index is 13.7. The van der Waals surface area contributed by atoms with Crippen molar-refractivity contribution in [3.05, 3.63) is 54.2 Å². The first-order chi connectivity index (χ1) is 15.2. The molecule has 0 spiro atoms. The molecule has 0 unspecified atom stereocenters. The van der Waals surface area contributed by atoms with E-state index in [-0.39, 0.29) is 17.6 Å². The SMILES string of the molecule is CCN1CCC(Oc2c(C#N)ncc3[nH]c4ncc(-c5cccc(F)c5)cc4c23)CC1. The van der Waals surface area contributed by atoms with Crippen LogP contribution in [-0.4, -0.2) is 45.6 Å². The molecule has 0 saturated carbocycles. The molecule has 6 nitrogen and oxygen atoms in total. The molecule has 0 aliphatic carbocycles. The van der Waals surface area contributed by atoms with Crippen LogP contribution in [0.5, 0.6) is 5.75 Å². The Kier molecular flexibility index (Phi) is 5.00. The standard InChI is InChI=1S/C24H22FN5O/c1-2-30-8-6-18(7-9-30)31-23-20(12-26)27-14-21-22(23)19-11-16(13-28-24(19)29-21)15-4-3-5-17(25)10-15/h3-5,10-11,13-14,18H,2,6-9H2,1H3,(H,28,29). The Labute approximate surface area is 179 Å². The van der Waals surface area contributed by atoms with Gasteiger partial charge in [-0.05, 0) is 43.1 Å². The second-order valence-corrected chi connectivity index (χ2v) is 7.84. The third-order valence-electron chi connectivity index (χ3n) is 5.97. The monoisotopic (exact) mass is 415 g/mol. The van der Waals surface area contributed by atoms with Gasteiger partial charge >= 0.3 is 0 Å². The average Bonchev–Trinajstić information content (AvgIpc) is 3.18. The number of rotatable bonds is 4. The zero-order chi connectivity index (χ0) is 21.4. The van der Waals surface area contributed by atoms with Gasteiger partial charge in [0.15, 0.2) is 11.4 Å². The van der Waals surface area contributed by atoms with Crippen LogP contribution in [0, 0.1) is 17.1 Å². The number of hydrogen-bond acceptors (Lipinski definition) is 5. The lowest BCUT2D eigenvalue weighted by Gasteiger charge is -2.31. The van der Waals surface area contributed by atoms with Gasteiger partial charge in [-0.15, -0.1) is 0 Å². The number of benzene rings is 1. The molecule has 3 aromatic heterocycles. The van der Waals surface area contributed by atoms with Crippen molar-refractivity contribution in [2.45, 2.75) is 25.9 Å². The van der Waals surface area contributed by atoms with Gasteiger partial charge in [-0.3, -0.25) is 0 Å². The average molecular weight is 415 g/mol. The van der Waals surface area contributed by atoms with Crippen LogP contribution >= 0.6 is 0 Å². The molecule has 4 aromatic rings. The highest BCUT2D eigenvalue weighted by molar-refractivity contribution is 6.10. The highest BCUT2D eigenvalue weighted by Gasteiger charge is 2.24. The summed E-state index contributed by atoms with van der Waals surface area (Å²) in [5, 5.41) is 11.3. The number of fused-ring (bicyclic) bond motifs is 3. The summed E-state index contributed by atoms with van der Waals surface area (Å²) in [4.78, 5) is 14.5. The van der Waals surface area contributed by atoms with E-state index in [1.807, 2.05) is 12.1 Å². The van der Waals surface area contributed by atoms with E-state index < -0.39 is 0 Å². The van der Waals surface area contributed by atoms with Crippen molar-refractivity contribution in [2.24, 2.45) is 0 Å². The highest BCUT2D eigenvalue weighted by atomic mass is 19.1. The number of aromatic amines is 1. The minimum atomic E-state index is -0.296. The van der Waals surface area contributed by atoms with Gasteiger partial charge in [0.1, 0.15) is 23.6 Å². The van der Waals surface area contributed by atoms with Gasteiger partial charge < -0.3 is 14.6 Å². The molecule has 5 rings (SSSR count). The van der Waals surface area contributed by atoms with Crippen LogP contribution in [0.3, 0.4) is 0 Å². The lowest BCUT2D eigenvalue weighted by atomic mass is 10.0. The van der Waals surface area contributed by atoms with Gasteiger partial charge in [-0.25, -0.2) is 14.4 Å². The van der Waals surface area contributed by atoms with Gasteiger partial charge in [-0.1, -0.05) is 19.1 Å². The van der Waals surface area contributed by atoms with Crippen LogP contribution in [0.2, 0.25) is 0 Å². The Morgan fingerprint density at radius 3 is 2.77 bits per heavy atom. The number of H-pyrrole nitrogens is 1. The predicted octanol–water partition coefficient (Wildman–Crippen LogP) is 4.65. The molecule has 156 valence electrons. The lowest BCUT2D eigenvalue weighted by Crippen LogP contribution is -2.38. The Balaban J connectivity index is 1.62. The molecule has 0 amide bonds. The number of hydrogen-bond donors (Lipinski definition) is 1. The molecule has 0 radical (unpaired) electrons. The van der Waals surface area contributed by atoms with Gasteiger partial charge in [0.25, 0.3) is 0 Å². The molecule has 7 heteroatoms. The summed E-state index contributed by atoms with van der Waals surface area (Å²) in [6.07, 6.45) is 5.21. The van der Waals surface area contributed by atoms with Crippen LogP contribution in [0.15, 0.2) is 42.7 Å². The van der Waals surface area contributed by atoms with Gasteiger partial charge in [0.05, 0.1) is 17.1 Å². The first-order valence-corrected chi connectivity index (χ1v) is 10.5. The second kappa shape index (κ2) is 7.97. The number of pyridine rings is 2. The molecule has 1 saturated heterocycles. The Bertz CT molecular complexity index is 1300. The molecular weight excluding hydrogens is 393 g/mol. The van der Waals surface area contributed by atoms with E-state index in [2.05, 4.69) is 32.8 Å². The number of nitrogens with one attached hydrogen (secondary N) is 1. The summed E-state index contributed by atoms with van der Waals surface area (Å²) >= 11 is 0. The highest BCUT2D eigenvalue weighted by Crippen LogP contribution is 2.37. The lowest BCUT2D eigenvalue weighted by molar-refractivity contribution is 0.104. The third kappa shape index (κ3) is 3.60. The van der Waals surface area contributed by atoms with E-state index in [1.165, 1.54) is 12.1 Å². The summed E-state index contributed by atoms with van der Waals surface area (Å²) in [6.45, 7) is 5.15. The quantitative estimate of drug-likeness (QED) is 0.525. The van der Waals surface area contributed by atoms with Crippen molar-refractivity contribution < 1.29 is 9.13 Å². The number of likely N-dealkylation sites (tertiary alicyclic amines) is 1. The molecule has 0 bridgehead atoms. The molecular formula is C24H22FN5O. The predicted molar refractivity (Wildman–Crippen MR) is 117 cm³/mol. The van der Waals surface area contributed by atoms with Gasteiger partial charge in [0.2, 0.25) is 0 Å². The van der Waals surface area contributed by atoms with Crippen molar-refractivity contribution in [1.82, 2.24) is 19.9 Å². The van der Waals surface area contributed by atoms with E-state index in [4.69, 9.17) is 4.74 Å². The van der Waals surface area contributed by atoms with Crippen molar-refractivity contribution in [3.8, 4) is 22.9 Å². The molecule has 1 aromatic carbocycles. The van der Waals surface area contributed by atoms with Crippen molar-refractivity contribution in [1.29, 1.82) is 5.26 Å². The van der Waals surface area contributed by atoms with Crippen LogP contribution in [-0.2, 0) is 0 Å². The molecule has 4 heterocycles. The van der Waals surface area contributed by atoms with Crippen molar-refractivity contribution >= 4 is 21.9 Å². The Hall–Kier alpha value is -3.50. The van der Waals surface area contributed by atoms with E-state index in [0.717, 1.165) is 59.9 Å². The number of halogens is 1.